The van der Waals surface area contributed by atoms with Crippen LogP contribution in [0.15, 0.2) is 10.5 Å². The van der Waals surface area contributed by atoms with Gasteiger partial charge in [0, 0.05) is 18.0 Å². The predicted molar refractivity (Wildman–Crippen MR) is 52.8 cm³/mol. The molecule has 1 saturated carbocycles. The molecule has 1 aliphatic carbocycles. The van der Waals surface area contributed by atoms with Crippen molar-refractivity contribution in [3.63, 3.8) is 0 Å². The standard InChI is InChI=1S/C11H15NO2/c1-7-5-10(8(2)14-7)6-12-11(13)9-3-4-9/h5,9H,3-4,6H2,1-2H3,(H,12,13). The van der Waals surface area contributed by atoms with E-state index < -0.39 is 0 Å². The van der Waals surface area contributed by atoms with Crippen molar-refractivity contribution in [2.45, 2.75) is 33.2 Å². The van der Waals surface area contributed by atoms with E-state index in [1.807, 2.05) is 19.9 Å². The van der Waals surface area contributed by atoms with Crippen molar-refractivity contribution in [3.05, 3.63) is 23.2 Å². The molecule has 0 aromatic carbocycles. The maximum Gasteiger partial charge on any atom is 0.223 e. The molecule has 1 aromatic rings. The smallest absolute Gasteiger partial charge is 0.223 e. The van der Waals surface area contributed by atoms with E-state index in [-0.39, 0.29) is 11.8 Å². The predicted octanol–water partition coefficient (Wildman–Crippen LogP) is 1.92. The fourth-order valence-electron chi connectivity index (χ4n) is 1.53. The van der Waals surface area contributed by atoms with E-state index in [1.54, 1.807) is 0 Å². The number of hydrogen-bond acceptors (Lipinski definition) is 2. The molecule has 1 heterocycles. The Kier molecular flexibility index (Phi) is 2.32. The van der Waals surface area contributed by atoms with Gasteiger partial charge < -0.3 is 9.73 Å². The van der Waals surface area contributed by atoms with Crippen LogP contribution in [0.2, 0.25) is 0 Å². The van der Waals surface area contributed by atoms with Gasteiger partial charge in [-0.25, -0.2) is 0 Å². The van der Waals surface area contributed by atoms with E-state index in [4.69, 9.17) is 4.42 Å². The number of furan rings is 1. The highest BCUT2D eigenvalue weighted by Gasteiger charge is 2.29. The topological polar surface area (TPSA) is 42.2 Å². The van der Waals surface area contributed by atoms with Crippen molar-refractivity contribution in [2.75, 3.05) is 0 Å². The van der Waals surface area contributed by atoms with Crippen molar-refractivity contribution in [2.24, 2.45) is 5.92 Å². The van der Waals surface area contributed by atoms with Crippen LogP contribution in [-0.4, -0.2) is 5.91 Å². The van der Waals surface area contributed by atoms with Crippen LogP contribution >= 0.6 is 0 Å². The fraction of sp³-hybridized carbons (Fsp3) is 0.545. The van der Waals surface area contributed by atoms with E-state index in [0.29, 0.717) is 6.54 Å². The minimum Gasteiger partial charge on any atom is -0.466 e. The van der Waals surface area contributed by atoms with Gasteiger partial charge in [0.05, 0.1) is 0 Å². The van der Waals surface area contributed by atoms with E-state index >= 15 is 0 Å². The summed E-state index contributed by atoms with van der Waals surface area (Å²) in [5, 5.41) is 2.92. The Morgan fingerprint density at radius 1 is 1.57 bits per heavy atom. The highest BCUT2D eigenvalue weighted by atomic mass is 16.3. The van der Waals surface area contributed by atoms with Crippen molar-refractivity contribution >= 4 is 5.91 Å². The molecule has 0 saturated heterocycles. The van der Waals surface area contributed by atoms with Gasteiger partial charge in [0.1, 0.15) is 11.5 Å². The van der Waals surface area contributed by atoms with Crippen LogP contribution in [-0.2, 0) is 11.3 Å². The zero-order valence-corrected chi connectivity index (χ0v) is 8.59. The Bertz CT molecular complexity index is 350. The first-order valence-corrected chi connectivity index (χ1v) is 5.00. The van der Waals surface area contributed by atoms with Gasteiger partial charge in [-0.1, -0.05) is 0 Å². The number of rotatable bonds is 3. The van der Waals surface area contributed by atoms with Gasteiger partial charge in [-0.2, -0.15) is 0 Å². The Balaban J connectivity index is 1.90. The van der Waals surface area contributed by atoms with Gasteiger partial charge in [0.15, 0.2) is 0 Å². The summed E-state index contributed by atoms with van der Waals surface area (Å²) in [6.07, 6.45) is 2.10. The second-order valence-electron chi connectivity index (χ2n) is 3.93. The summed E-state index contributed by atoms with van der Waals surface area (Å²) in [7, 11) is 0. The molecule has 1 amide bonds. The Morgan fingerprint density at radius 2 is 2.29 bits per heavy atom. The van der Waals surface area contributed by atoms with E-state index in [1.165, 1.54) is 0 Å². The van der Waals surface area contributed by atoms with E-state index in [9.17, 15) is 4.79 Å². The molecule has 0 spiro atoms. The molecule has 76 valence electrons. The number of carbonyl (C=O) groups is 1. The van der Waals surface area contributed by atoms with Crippen LogP contribution in [0.4, 0.5) is 0 Å². The summed E-state index contributed by atoms with van der Waals surface area (Å²) in [6.45, 7) is 4.43. The second kappa shape index (κ2) is 3.48. The number of nitrogens with one attached hydrogen (secondary N) is 1. The molecule has 1 fully saturated rings. The summed E-state index contributed by atoms with van der Waals surface area (Å²) in [5.74, 6) is 2.27. The van der Waals surface area contributed by atoms with Gasteiger partial charge in [-0.05, 0) is 32.8 Å². The molecule has 2 rings (SSSR count). The normalized spacial score (nSPS) is 15.6. The first kappa shape index (κ1) is 9.31. The highest BCUT2D eigenvalue weighted by Crippen LogP contribution is 2.28. The number of amides is 1. The third-order valence-corrected chi connectivity index (χ3v) is 2.54. The van der Waals surface area contributed by atoms with Crippen molar-refractivity contribution in [3.8, 4) is 0 Å². The average molecular weight is 193 g/mol. The van der Waals surface area contributed by atoms with Crippen molar-refractivity contribution in [1.82, 2.24) is 5.32 Å². The van der Waals surface area contributed by atoms with E-state index in [0.717, 1.165) is 29.9 Å². The SMILES string of the molecule is Cc1cc(CNC(=O)C2CC2)c(C)o1. The second-order valence-corrected chi connectivity index (χ2v) is 3.93. The minimum atomic E-state index is 0.184. The zero-order valence-electron chi connectivity index (χ0n) is 8.59. The quantitative estimate of drug-likeness (QED) is 0.796. The molecule has 1 N–H and O–H groups in total. The molecular weight excluding hydrogens is 178 g/mol. The van der Waals surface area contributed by atoms with Crippen LogP contribution in [0.3, 0.4) is 0 Å². The fourth-order valence-corrected chi connectivity index (χ4v) is 1.53. The zero-order chi connectivity index (χ0) is 10.1. The maximum absolute atomic E-state index is 11.4. The lowest BCUT2D eigenvalue weighted by atomic mass is 10.2. The van der Waals surface area contributed by atoms with Crippen LogP contribution in [0.5, 0.6) is 0 Å². The lowest BCUT2D eigenvalue weighted by Gasteiger charge is -2.01. The summed E-state index contributed by atoms with van der Waals surface area (Å²) >= 11 is 0. The molecule has 0 bridgehead atoms. The Morgan fingerprint density at radius 3 is 2.79 bits per heavy atom. The van der Waals surface area contributed by atoms with Gasteiger partial charge >= 0.3 is 0 Å². The minimum absolute atomic E-state index is 0.184. The molecule has 0 atom stereocenters. The molecular formula is C11H15NO2. The number of carbonyl (C=O) groups excluding carboxylic acids is 1. The third kappa shape index (κ3) is 1.97. The lowest BCUT2D eigenvalue weighted by molar-refractivity contribution is -0.122. The maximum atomic E-state index is 11.4. The average Bonchev–Trinajstić information content (AvgIpc) is 2.90. The highest BCUT2D eigenvalue weighted by molar-refractivity contribution is 5.80. The summed E-state index contributed by atoms with van der Waals surface area (Å²) in [5.41, 5.74) is 1.08. The molecule has 3 nitrogen and oxygen atoms in total. The van der Waals surface area contributed by atoms with Crippen LogP contribution in [0, 0.1) is 19.8 Å². The van der Waals surface area contributed by atoms with E-state index in [2.05, 4.69) is 5.32 Å². The third-order valence-electron chi connectivity index (χ3n) is 2.54. The molecule has 1 aliphatic rings. The number of aryl methyl sites for hydroxylation is 2. The Hall–Kier alpha value is -1.25. The molecule has 0 unspecified atom stereocenters. The van der Waals surface area contributed by atoms with Gasteiger partial charge in [0.2, 0.25) is 5.91 Å². The molecule has 0 radical (unpaired) electrons. The van der Waals surface area contributed by atoms with Crippen LogP contribution < -0.4 is 5.32 Å². The first-order chi connectivity index (χ1) is 6.66. The molecule has 0 aliphatic heterocycles. The summed E-state index contributed by atoms with van der Waals surface area (Å²) in [4.78, 5) is 11.4. The lowest BCUT2D eigenvalue weighted by Crippen LogP contribution is -2.24. The molecule has 1 aromatic heterocycles. The molecule has 3 heteroatoms. The monoisotopic (exact) mass is 193 g/mol. The van der Waals surface area contributed by atoms with Crippen LogP contribution in [0.25, 0.3) is 0 Å². The molecule has 14 heavy (non-hydrogen) atoms. The van der Waals surface area contributed by atoms with Gasteiger partial charge in [-0.15, -0.1) is 0 Å². The van der Waals surface area contributed by atoms with Gasteiger partial charge in [0.25, 0.3) is 0 Å². The number of hydrogen-bond donors (Lipinski definition) is 1. The van der Waals surface area contributed by atoms with Crippen LogP contribution in [0.1, 0.15) is 29.9 Å². The van der Waals surface area contributed by atoms with Gasteiger partial charge in [-0.3, -0.25) is 4.79 Å². The Labute approximate surface area is 83.5 Å². The van der Waals surface area contributed by atoms with Crippen molar-refractivity contribution in [1.29, 1.82) is 0 Å². The summed E-state index contributed by atoms with van der Waals surface area (Å²) < 4.78 is 5.37. The van der Waals surface area contributed by atoms with Crippen molar-refractivity contribution < 1.29 is 9.21 Å². The largest absolute Gasteiger partial charge is 0.466 e. The summed E-state index contributed by atoms with van der Waals surface area (Å²) in [6, 6.07) is 1.97. The first-order valence-electron chi connectivity index (χ1n) is 5.00.